The Morgan fingerprint density at radius 2 is 2.14 bits per heavy atom. The monoisotopic (exact) mass is 361 g/mol. The molecule has 0 saturated carbocycles. The lowest BCUT2D eigenvalue weighted by atomic mass is 10.0. The van der Waals surface area contributed by atoms with Crippen LogP contribution in [0.15, 0.2) is 5.16 Å². The number of nitrogens with zero attached hydrogens (tertiary/aromatic N) is 1. The minimum Gasteiger partial charge on any atom is -0.465 e. The smallest absolute Gasteiger partial charge is 0.306 e. The second-order valence-corrected chi connectivity index (χ2v) is 6.88. The zero-order valence-electron chi connectivity index (χ0n) is 13.0. The summed E-state index contributed by atoms with van der Waals surface area (Å²) in [6.45, 7) is 4.83. The van der Waals surface area contributed by atoms with Crippen molar-refractivity contribution in [2.24, 2.45) is 5.92 Å². The van der Waals surface area contributed by atoms with E-state index in [1.54, 1.807) is 0 Å². The van der Waals surface area contributed by atoms with E-state index in [-0.39, 0.29) is 5.97 Å². The average molecular weight is 362 g/mol. The summed E-state index contributed by atoms with van der Waals surface area (Å²) >= 11 is 11.3. The molecule has 5 nitrogen and oxygen atoms in total. The summed E-state index contributed by atoms with van der Waals surface area (Å²) in [5.74, 6) is 0.894. The van der Waals surface area contributed by atoms with Crippen LogP contribution >= 0.6 is 36.2 Å². The first kappa shape index (κ1) is 19.3. The zero-order valence-corrected chi connectivity index (χ0v) is 15.5. The average Bonchev–Trinajstić information content (AvgIpc) is 2.46. The van der Waals surface area contributed by atoms with Gasteiger partial charge in [0, 0.05) is 5.75 Å². The Morgan fingerprint density at radius 1 is 1.36 bits per heavy atom. The Bertz CT molecular complexity index is 543. The first-order valence-electron chi connectivity index (χ1n) is 7.54. The number of hydrogen-bond acceptors (Lipinski definition) is 6. The summed E-state index contributed by atoms with van der Waals surface area (Å²) in [6.07, 6.45) is 4.88. The van der Waals surface area contributed by atoms with Gasteiger partial charge in [0.05, 0.1) is 13.0 Å². The van der Waals surface area contributed by atoms with Crippen molar-refractivity contribution in [3.63, 3.8) is 0 Å². The minimum atomic E-state index is -0.165. The van der Waals surface area contributed by atoms with Crippen LogP contribution < -0.4 is 0 Å². The van der Waals surface area contributed by atoms with Crippen LogP contribution in [0.3, 0.4) is 0 Å². The molecule has 22 heavy (non-hydrogen) atoms. The molecule has 8 heteroatoms. The lowest BCUT2D eigenvalue weighted by molar-refractivity contribution is -0.144. The molecule has 1 atom stereocenters. The number of nitrogens with one attached hydrogen (secondary N) is 2. The van der Waals surface area contributed by atoms with E-state index in [1.165, 1.54) is 24.6 Å². The predicted molar refractivity (Wildman–Crippen MR) is 94.2 cm³/mol. The molecule has 1 unspecified atom stereocenters. The van der Waals surface area contributed by atoms with E-state index in [9.17, 15) is 4.79 Å². The summed E-state index contributed by atoms with van der Waals surface area (Å²) in [7, 11) is 0. The van der Waals surface area contributed by atoms with Gasteiger partial charge in [0.1, 0.15) is 0 Å². The molecule has 1 heterocycles. The fourth-order valence-corrected chi connectivity index (χ4v) is 3.22. The zero-order chi connectivity index (χ0) is 16.4. The Balaban J connectivity index is 2.28. The van der Waals surface area contributed by atoms with E-state index in [2.05, 4.69) is 28.8 Å². The van der Waals surface area contributed by atoms with Crippen molar-refractivity contribution in [3.8, 4) is 0 Å². The van der Waals surface area contributed by atoms with Gasteiger partial charge in [0.25, 0.3) is 0 Å². The lowest BCUT2D eigenvalue weighted by Crippen LogP contribution is -2.14. The number of esters is 1. The number of rotatable bonds is 10. The molecule has 0 aromatic carbocycles. The maximum atomic E-state index is 11.7. The SMILES string of the molecule is CCCCC(CC)COC(=O)CCSc1nc(=S)[nH]c(=S)[nH]1. The highest BCUT2D eigenvalue weighted by molar-refractivity contribution is 7.99. The highest BCUT2D eigenvalue weighted by atomic mass is 32.2. The van der Waals surface area contributed by atoms with Crippen LogP contribution in [0.2, 0.25) is 0 Å². The molecule has 0 radical (unpaired) electrons. The molecule has 0 fully saturated rings. The predicted octanol–water partition coefficient (Wildman–Crippen LogP) is 4.44. The first-order valence-corrected chi connectivity index (χ1v) is 9.34. The van der Waals surface area contributed by atoms with Crippen molar-refractivity contribution in [1.29, 1.82) is 0 Å². The second-order valence-electron chi connectivity index (χ2n) is 5.00. The van der Waals surface area contributed by atoms with E-state index >= 15 is 0 Å². The quantitative estimate of drug-likeness (QED) is 0.365. The maximum Gasteiger partial charge on any atom is 0.306 e. The van der Waals surface area contributed by atoms with E-state index < -0.39 is 0 Å². The maximum absolute atomic E-state index is 11.7. The minimum absolute atomic E-state index is 0.165. The number of carbonyl (C=O) groups excluding carboxylic acids is 1. The molecule has 0 spiro atoms. The Kier molecular flexibility index (Phi) is 9.58. The number of aromatic amines is 2. The van der Waals surface area contributed by atoms with Crippen LogP contribution in [0.4, 0.5) is 0 Å². The molecule has 1 rings (SSSR count). The fraction of sp³-hybridized carbons (Fsp3) is 0.714. The number of aromatic nitrogens is 3. The van der Waals surface area contributed by atoms with Crippen LogP contribution in [0.25, 0.3) is 0 Å². The summed E-state index contributed by atoms with van der Waals surface area (Å²) in [4.78, 5) is 21.5. The van der Waals surface area contributed by atoms with Gasteiger partial charge in [-0.2, -0.15) is 4.98 Å². The number of carbonyl (C=O) groups is 1. The molecule has 0 saturated heterocycles. The fourth-order valence-electron chi connectivity index (χ4n) is 1.85. The number of thioether (sulfide) groups is 1. The third-order valence-electron chi connectivity index (χ3n) is 3.21. The van der Waals surface area contributed by atoms with Gasteiger partial charge >= 0.3 is 5.97 Å². The number of hydrogen-bond donors (Lipinski definition) is 2. The summed E-state index contributed by atoms with van der Waals surface area (Å²) < 4.78 is 6.13. The lowest BCUT2D eigenvalue weighted by Gasteiger charge is -2.14. The number of H-pyrrole nitrogens is 2. The van der Waals surface area contributed by atoms with Crippen LogP contribution in [-0.4, -0.2) is 33.3 Å². The summed E-state index contributed by atoms with van der Waals surface area (Å²) in [5.41, 5.74) is 0. The molecule has 0 bridgehead atoms. The molecule has 0 aliphatic rings. The summed E-state index contributed by atoms with van der Waals surface area (Å²) in [6, 6.07) is 0. The standard InChI is InChI=1S/C14H23N3O2S3/c1-3-5-6-10(4-2)9-19-11(18)7-8-22-14-16-12(20)15-13(21)17-14/h10H,3-9H2,1-2H3,(H2,15,16,17,20,21). The molecule has 124 valence electrons. The third-order valence-corrected chi connectivity index (χ3v) is 4.48. The van der Waals surface area contributed by atoms with Gasteiger partial charge in [-0.3, -0.25) is 4.79 Å². The first-order chi connectivity index (χ1) is 10.5. The van der Waals surface area contributed by atoms with Gasteiger partial charge in [-0.15, -0.1) is 0 Å². The van der Waals surface area contributed by atoms with E-state index in [4.69, 9.17) is 29.2 Å². The molecular formula is C14H23N3O2S3. The van der Waals surface area contributed by atoms with Crippen molar-refractivity contribution in [2.45, 2.75) is 51.1 Å². The van der Waals surface area contributed by atoms with Crippen molar-refractivity contribution in [1.82, 2.24) is 15.0 Å². The van der Waals surface area contributed by atoms with Crippen molar-refractivity contribution in [2.75, 3.05) is 12.4 Å². The van der Waals surface area contributed by atoms with E-state index in [0.29, 0.717) is 39.4 Å². The number of unbranched alkanes of at least 4 members (excludes halogenated alkanes) is 1. The van der Waals surface area contributed by atoms with Gasteiger partial charge in [0.2, 0.25) is 4.77 Å². The van der Waals surface area contributed by atoms with Gasteiger partial charge in [-0.05, 0) is 36.8 Å². The van der Waals surface area contributed by atoms with Crippen LogP contribution in [0, 0.1) is 15.5 Å². The molecule has 0 amide bonds. The highest BCUT2D eigenvalue weighted by Gasteiger charge is 2.10. The molecule has 0 aliphatic carbocycles. The Hall–Kier alpha value is -0.730. The summed E-state index contributed by atoms with van der Waals surface area (Å²) in [5, 5.41) is 0.621. The number of ether oxygens (including phenoxy) is 1. The van der Waals surface area contributed by atoms with Crippen LogP contribution in [0.1, 0.15) is 46.0 Å². The molecule has 1 aromatic heterocycles. The molecule has 1 aromatic rings. The Labute approximate surface area is 145 Å². The van der Waals surface area contributed by atoms with Crippen molar-refractivity contribution >= 4 is 42.2 Å². The van der Waals surface area contributed by atoms with Crippen LogP contribution in [-0.2, 0) is 9.53 Å². The van der Waals surface area contributed by atoms with E-state index in [0.717, 1.165) is 12.8 Å². The van der Waals surface area contributed by atoms with Crippen molar-refractivity contribution < 1.29 is 9.53 Å². The van der Waals surface area contributed by atoms with Crippen molar-refractivity contribution in [3.05, 3.63) is 9.54 Å². The van der Waals surface area contributed by atoms with Crippen LogP contribution in [0.5, 0.6) is 0 Å². The van der Waals surface area contributed by atoms with E-state index in [1.807, 2.05) is 0 Å². The third kappa shape index (κ3) is 8.05. The molecular weight excluding hydrogens is 338 g/mol. The van der Waals surface area contributed by atoms with Gasteiger partial charge in [0.15, 0.2) is 9.93 Å². The molecule has 0 aliphatic heterocycles. The van der Waals surface area contributed by atoms with Gasteiger partial charge in [-0.25, -0.2) is 0 Å². The normalized spacial score (nSPS) is 12.1. The second kappa shape index (κ2) is 10.9. The highest BCUT2D eigenvalue weighted by Crippen LogP contribution is 2.15. The molecule has 2 N–H and O–H groups in total. The topological polar surface area (TPSA) is 70.8 Å². The van der Waals surface area contributed by atoms with Gasteiger partial charge in [-0.1, -0.05) is 44.9 Å². The Morgan fingerprint density at radius 3 is 2.77 bits per heavy atom. The van der Waals surface area contributed by atoms with Gasteiger partial charge < -0.3 is 14.7 Å². The largest absolute Gasteiger partial charge is 0.465 e.